The first-order chi connectivity index (χ1) is 42.5. The fourth-order valence-electron chi connectivity index (χ4n) is 16.5. The predicted octanol–water partition coefficient (Wildman–Crippen LogP) is 17.3. The van der Waals surface area contributed by atoms with Gasteiger partial charge in [-0.25, -0.2) is 0 Å². The van der Waals surface area contributed by atoms with Crippen molar-refractivity contribution < 1.29 is 8.83 Å². The van der Waals surface area contributed by atoms with Gasteiger partial charge in [0.05, 0.1) is 33.1 Å². The molecule has 2 aliphatic rings. The minimum Gasteiger partial charge on any atom is -0.454 e. The van der Waals surface area contributed by atoms with Gasteiger partial charge >= 0.3 is 13.7 Å². The van der Waals surface area contributed by atoms with Gasteiger partial charge in [0.15, 0.2) is 11.2 Å². The molecular weight excluding hydrogens is 1050 g/mol. The molecule has 0 atom stereocenters. The normalized spacial score (nSPS) is 13.2. The molecule has 0 fully saturated rings. The Morgan fingerprint density at radius 1 is 0.291 bits per heavy atom. The molecule has 0 bridgehead atoms. The van der Waals surface area contributed by atoms with Gasteiger partial charge in [0.2, 0.25) is 0 Å². The molecule has 13 aromatic carbocycles. The van der Waals surface area contributed by atoms with E-state index in [2.05, 4.69) is 275 Å². The molecule has 86 heavy (non-hydrogen) atoms. The summed E-state index contributed by atoms with van der Waals surface area (Å²) in [6, 6.07) is 90.8. The van der Waals surface area contributed by atoms with E-state index in [0.29, 0.717) is 0 Å². The molecule has 6 nitrogen and oxygen atoms in total. The fraction of sp³-hybridized carbons (Fsp3) is 0.0256. The van der Waals surface area contributed by atoms with Crippen molar-refractivity contribution in [2.75, 3.05) is 0 Å². The van der Waals surface area contributed by atoms with Crippen molar-refractivity contribution in [3.05, 3.63) is 254 Å². The van der Waals surface area contributed by atoms with E-state index in [4.69, 9.17) is 8.83 Å². The van der Waals surface area contributed by atoms with E-state index in [1.54, 1.807) is 0 Å². The number of hydrogen-bond acceptors (Lipinski definition) is 2. The average molecular weight is 1090 g/mol. The Morgan fingerprint density at radius 3 is 1.49 bits per heavy atom. The summed E-state index contributed by atoms with van der Waals surface area (Å²) in [6.45, 7) is 4.14. The van der Waals surface area contributed by atoms with Gasteiger partial charge in [-0.05, 0) is 143 Å². The summed E-state index contributed by atoms with van der Waals surface area (Å²) in [5, 5.41) is 16.8. The minimum atomic E-state index is -0.187. The van der Waals surface area contributed by atoms with Gasteiger partial charge in [0.25, 0.3) is 0 Å². The lowest BCUT2D eigenvalue weighted by Gasteiger charge is -2.29. The lowest BCUT2D eigenvalue weighted by molar-refractivity contribution is 0.671. The maximum absolute atomic E-state index is 7.41. The van der Waals surface area contributed by atoms with Crippen molar-refractivity contribution in [1.29, 1.82) is 0 Å². The molecular formula is C78H46B2N4O2. The summed E-state index contributed by atoms with van der Waals surface area (Å²) in [7, 11) is 0. The van der Waals surface area contributed by atoms with E-state index >= 15 is 0 Å². The third-order valence-electron chi connectivity index (χ3n) is 19.9. The zero-order valence-electron chi connectivity index (χ0n) is 46.9. The number of hydrogen-bond donors (Lipinski definition) is 0. The smallest absolute Gasteiger partial charge is 0.332 e. The number of aryl methyl sites for hydroxylation is 2. The van der Waals surface area contributed by atoms with Crippen molar-refractivity contribution in [1.82, 2.24) is 18.1 Å². The highest BCUT2D eigenvalue weighted by molar-refractivity contribution is 6.89. The molecule has 0 amide bonds. The second kappa shape index (κ2) is 16.0. The van der Waals surface area contributed by atoms with Crippen LogP contribution in [-0.4, -0.2) is 31.8 Å². The Balaban J connectivity index is 0.795. The van der Waals surface area contributed by atoms with E-state index in [9.17, 15) is 0 Å². The number of fused-ring (bicyclic) bond motifs is 26. The summed E-state index contributed by atoms with van der Waals surface area (Å²) < 4.78 is 24.6. The second-order valence-electron chi connectivity index (χ2n) is 24.4. The van der Waals surface area contributed by atoms with Crippen LogP contribution in [0.5, 0.6) is 0 Å². The maximum Gasteiger partial charge on any atom is 0.332 e. The van der Waals surface area contributed by atoms with E-state index in [0.717, 1.165) is 66.0 Å². The highest BCUT2D eigenvalue weighted by atomic mass is 16.3. The summed E-state index contributed by atoms with van der Waals surface area (Å²) in [5.74, 6) is 0. The SMILES string of the molecule is Cc1ccc2c(c1)c1cc(C)cc3c1n2-c1ccccc1B3n1c2ccccc2c2ccc3c4ccc(-c5ccc6c(c5)cc5c7c6c6ccccc6n7-c6ccccc6B5n5c6ccccc6c6ccc7c8ccccc8oc7c65)cc4oc3c21. The van der Waals surface area contributed by atoms with Crippen LogP contribution in [0, 0.1) is 13.8 Å². The molecule has 396 valence electrons. The van der Waals surface area contributed by atoms with Crippen LogP contribution in [-0.2, 0) is 0 Å². The number of nitrogens with zero attached hydrogens (tertiary/aromatic N) is 4. The largest absolute Gasteiger partial charge is 0.454 e. The van der Waals surface area contributed by atoms with Crippen molar-refractivity contribution in [3.63, 3.8) is 0 Å². The van der Waals surface area contributed by atoms with Crippen LogP contribution < -0.4 is 21.9 Å². The number of rotatable bonds is 3. The topological polar surface area (TPSA) is 46.0 Å². The fourth-order valence-corrected chi connectivity index (χ4v) is 16.5. The molecule has 0 aliphatic carbocycles. The minimum absolute atomic E-state index is 0.124. The first-order valence-corrected chi connectivity index (χ1v) is 30.0. The molecule has 0 spiro atoms. The Labute approximate surface area is 491 Å². The van der Waals surface area contributed by atoms with E-state index in [1.807, 2.05) is 0 Å². The van der Waals surface area contributed by atoms with Crippen molar-refractivity contribution in [2.45, 2.75) is 13.8 Å². The highest BCUT2D eigenvalue weighted by Gasteiger charge is 2.40. The monoisotopic (exact) mass is 1090 g/mol. The van der Waals surface area contributed by atoms with Crippen LogP contribution in [0.1, 0.15) is 11.1 Å². The van der Waals surface area contributed by atoms with Gasteiger partial charge in [-0.1, -0.05) is 169 Å². The van der Waals surface area contributed by atoms with Crippen molar-refractivity contribution in [2.24, 2.45) is 0 Å². The first-order valence-electron chi connectivity index (χ1n) is 30.0. The molecule has 8 heteroatoms. The molecule has 8 heterocycles. The van der Waals surface area contributed by atoms with Crippen LogP contribution in [0.15, 0.2) is 251 Å². The lowest BCUT2D eigenvalue weighted by atomic mass is 9.48. The van der Waals surface area contributed by atoms with E-state index in [-0.39, 0.29) is 13.7 Å². The zero-order chi connectivity index (χ0) is 55.9. The zero-order valence-corrected chi connectivity index (χ0v) is 46.9. The Bertz CT molecular complexity index is 6340. The van der Waals surface area contributed by atoms with Gasteiger partial charge in [0, 0.05) is 87.0 Å². The van der Waals surface area contributed by atoms with Crippen LogP contribution in [0.3, 0.4) is 0 Å². The number of para-hydroxylation sites is 6. The molecule has 0 saturated heterocycles. The number of benzene rings is 13. The van der Waals surface area contributed by atoms with Crippen molar-refractivity contribution >= 4 is 177 Å². The Hall–Kier alpha value is -11.0. The summed E-state index contributed by atoms with van der Waals surface area (Å²) in [5.41, 5.74) is 25.4. The van der Waals surface area contributed by atoms with E-state index < -0.39 is 0 Å². The van der Waals surface area contributed by atoms with E-state index in [1.165, 1.54) is 131 Å². The van der Waals surface area contributed by atoms with Gasteiger partial charge in [0.1, 0.15) is 11.2 Å². The summed E-state index contributed by atoms with van der Waals surface area (Å²) >= 11 is 0. The molecule has 21 rings (SSSR count). The molecule has 0 radical (unpaired) electrons. The number of furan rings is 2. The molecule has 6 aromatic heterocycles. The first kappa shape index (κ1) is 45.6. The van der Waals surface area contributed by atoms with Crippen LogP contribution in [0.2, 0.25) is 0 Å². The average Bonchev–Trinajstić information content (AvgIpc) is 1.54. The van der Waals surface area contributed by atoms with Crippen LogP contribution >= 0.6 is 0 Å². The van der Waals surface area contributed by atoms with Crippen LogP contribution in [0.25, 0.3) is 164 Å². The molecule has 0 saturated carbocycles. The number of aromatic nitrogens is 4. The standard InChI is InChI=1S/C78H46B2N4O2/c1-43-27-36-65-58(37-43)59-38-44(2)39-62-73(59)81(65)68-24-12-7-19-60(68)79(62)83-66-22-10-3-16-50(66)54-33-35-56-52-31-29-46(42-71(52)86-78(56)75(54)83)45-28-30-48-47(40-45)41-63-76-72(48)57-18-5-9-21-64(57)82(76)69-25-13-8-20-61(69)80(63)84-67-23-11-4-15-49(67)53-32-34-55-51-17-6-14-26-70(51)85-77(55)74(53)84/h3-42H,1-2H3. The molecule has 19 aromatic rings. The quantitative estimate of drug-likeness (QED) is 0.166. The summed E-state index contributed by atoms with van der Waals surface area (Å²) in [4.78, 5) is 0. The highest BCUT2D eigenvalue weighted by Crippen LogP contribution is 2.46. The lowest BCUT2D eigenvalue weighted by Crippen LogP contribution is -2.53. The van der Waals surface area contributed by atoms with Gasteiger partial charge in [-0.15, -0.1) is 0 Å². The Morgan fingerprint density at radius 2 is 0.791 bits per heavy atom. The molecule has 0 N–H and O–H groups in total. The second-order valence-corrected chi connectivity index (χ2v) is 24.4. The third kappa shape index (κ3) is 5.61. The van der Waals surface area contributed by atoms with Crippen molar-refractivity contribution in [3.8, 4) is 22.5 Å². The maximum atomic E-state index is 7.41. The van der Waals surface area contributed by atoms with Crippen LogP contribution in [0.4, 0.5) is 0 Å². The van der Waals surface area contributed by atoms with Gasteiger partial charge in [-0.3, -0.25) is 0 Å². The molecule has 2 aliphatic heterocycles. The molecule has 0 unspecified atom stereocenters. The van der Waals surface area contributed by atoms with Gasteiger partial charge < -0.3 is 26.9 Å². The Kier molecular flexibility index (Phi) is 8.49. The van der Waals surface area contributed by atoms with Gasteiger partial charge in [-0.2, -0.15) is 0 Å². The summed E-state index contributed by atoms with van der Waals surface area (Å²) in [6.07, 6.45) is 0. The third-order valence-corrected chi connectivity index (χ3v) is 19.9. The predicted molar refractivity (Wildman–Crippen MR) is 362 cm³/mol.